The summed E-state index contributed by atoms with van der Waals surface area (Å²) in [7, 11) is 0. The van der Waals surface area contributed by atoms with Gasteiger partial charge in [-0.25, -0.2) is 0 Å². The molecule has 0 atom stereocenters. The highest BCUT2D eigenvalue weighted by molar-refractivity contribution is 6.23. The van der Waals surface area contributed by atoms with E-state index in [4.69, 9.17) is 0 Å². The van der Waals surface area contributed by atoms with Gasteiger partial charge >= 0.3 is 0 Å². The number of rotatable bonds is 7. The molecule has 76 heavy (non-hydrogen) atoms. The molecule has 15 aromatic carbocycles. The minimum absolute atomic E-state index is 1.18. The Bertz CT molecular complexity index is 4560. The molecule has 0 unspecified atom stereocenters. The zero-order chi connectivity index (χ0) is 50.1. The van der Waals surface area contributed by atoms with Gasteiger partial charge in [-0.2, -0.15) is 0 Å². The molecule has 0 amide bonds. The Balaban J connectivity index is 0.959. The average Bonchev–Trinajstić information content (AvgIpc) is 3.51. The van der Waals surface area contributed by atoms with E-state index in [2.05, 4.69) is 291 Å². The van der Waals surface area contributed by atoms with Crippen molar-refractivity contribution in [3.8, 4) is 77.9 Å². The van der Waals surface area contributed by atoms with Crippen LogP contribution in [0, 0.1) is 0 Å². The molecule has 0 spiro atoms. The topological polar surface area (TPSA) is 0 Å². The second-order valence-corrected chi connectivity index (χ2v) is 20.2. The molecule has 0 heteroatoms. The molecule has 0 bridgehead atoms. The Morgan fingerprint density at radius 2 is 0.421 bits per heavy atom. The van der Waals surface area contributed by atoms with Gasteiger partial charge in [-0.05, 0) is 178 Å². The molecular formula is C76H48. The predicted octanol–water partition coefficient (Wildman–Crippen LogP) is 21.4. The summed E-state index contributed by atoms with van der Waals surface area (Å²) in [5, 5.41) is 17.3. The average molecular weight is 961 g/mol. The van der Waals surface area contributed by atoms with E-state index in [1.807, 2.05) is 0 Å². The highest BCUT2D eigenvalue weighted by Gasteiger charge is 2.21. The molecule has 0 heterocycles. The van der Waals surface area contributed by atoms with Crippen molar-refractivity contribution in [2.24, 2.45) is 0 Å². The summed E-state index contributed by atoms with van der Waals surface area (Å²) in [6.07, 6.45) is 0. The van der Waals surface area contributed by atoms with Crippen LogP contribution in [0.2, 0.25) is 0 Å². The molecule has 0 fully saturated rings. The first-order chi connectivity index (χ1) is 37.7. The third-order valence-corrected chi connectivity index (χ3v) is 16.0. The van der Waals surface area contributed by atoms with Gasteiger partial charge in [-0.15, -0.1) is 0 Å². The maximum absolute atomic E-state index is 2.44. The van der Waals surface area contributed by atoms with E-state index in [-0.39, 0.29) is 0 Å². The van der Waals surface area contributed by atoms with Gasteiger partial charge in [0, 0.05) is 0 Å². The maximum Gasteiger partial charge on any atom is -0.00201 e. The highest BCUT2D eigenvalue weighted by atomic mass is 14.2. The van der Waals surface area contributed by atoms with Gasteiger partial charge in [-0.1, -0.05) is 267 Å². The van der Waals surface area contributed by atoms with Crippen LogP contribution in [0.5, 0.6) is 0 Å². The third kappa shape index (κ3) is 7.14. The number of fused-ring (bicyclic) bond motifs is 7. The highest BCUT2D eigenvalue weighted by Crippen LogP contribution is 2.49. The largest absolute Gasteiger partial charge is 0.0616 e. The summed E-state index contributed by atoms with van der Waals surface area (Å²) in [6.45, 7) is 0. The third-order valence-electron chi connectivity index (χ3n) is 16.0. The lowest BCUT2D eigenvalue weighted by Crippen LogP contribution is -1.93. The quantitative estimate of drug-likeness (QED) is 0.140. The first-order valence-electron chi connectivity index (χ1n) is 26.4. The number of hydrogen-bond donors (Lipinski definition) is 0. The molecule has 0 aliphatic rings. The van der Waals surface area contributed by atoms with Crippen molar-refractivity contribution < 1.29 is 0 Å². The molecule has 15 aromatic rings. The van der Waals surface area contributed by atoms with E-state index in [1.165, 1.54) is 153 Å². The molecule has 0 saturated heterocycles. The molecule has 0 N–H and O–H groups in total. The minimum atomic E-state index is 1.18. The van der Waals surface area contributed by atoms with Crippen molar-refractivity contribution in [1.82, 2.24) is 0 Å². The predicted molar refractivity (Wildman–Crippen MR) is 327 cm³/mol. The molecular weight excluding hydrogens is 913 g/mol. The van der Waals surface area contributed by atoms with Crippen molar-refractivity contribution in [1.29, 1.82) is 0 Å². The van der Waals surface area contributed by atoms with Crippen LogP contribution < -0.4 is 0 Å². The summed E-state index contributed by atoms with van der Waals surface area (Å²) >= 11 is 0. The van der Waals surface area contributed by atoms with Crippen LogP contribution in [0.4, 0.5) is 0 Å². The van der Waals surface area contributed by atoms with E-state index < -0.39 is 0 Å². The Hall–Kier alpha value is -9.88. The zero-order valence-electron chi connectivity index (χ0n) is 41.7. The van der Waals surface area contributed by atoms with Crippen molar-refractivity contribution >= 4 is 75.4 Å². The van der Waals surface area contributed by atoms with Crippen LogP contribution in [-0.2, 0) is 0 Å². The lowest BCUT2D eigenvalue weighted by Gasteiger charge is -2.20. The van der Waals surface area contributed by atoms with Crippen molar-refractivity contribution in [2.45, 2.75) is 0 Å². The molecule has 352 valence electrons. The van der Waals surface area contributed by atoms with Crippen LogP contribution in [0.25, 0.3) is 153 Å². The lowest BCUT2D eigenvalue weighted by molar-refractivity contribution is 1.61. The van der Waals surface area contributed by atoms with Crippen LogP contribution in [-0.4, -0.2) is 0 Å². The van der Waals surface area contributed by atoms with E-state index >= 15 is 0 Å². The number of benzene rings is 15. The summed E-state index contributed by atoms with van der Waals surface area (Å²) in [5.74, 6) is 0. The smallest absolute Gasteiger partial charge is 0.00201 e. The maximum atomic E-state index is 2.44. The van der Waals surface area contributed by atoms with E-state index in [0.717, 1.165) is 0 Å². The van der Waals surface area contributed by atoms with E-state index in [9.17, 15) is 0 Å². The molecule has 15 rings (SSSR count). The van der Waals surface area contributed by atoms with Gasteiger partial charge in [0.15, 0.2) is 0 Å². The SMILES string of the molecule is c1cc(-c2c3ccccc3c(-c3cc(-c4cccc5ccccc45)cc(-c4cccc5ccccc45)c3)c3ccccc23)cc(-c2ccc(-c3cccc4ccccc34)c3c(-c4cccc5ccccc45)cccc23)c1. The minimum Gasteiger partial charge on any atom is -0.0616 e. The zero-order valence-corrected chi connectivity index (χ0v) is 41.7. The molecule has 0 nitrogen and oxygen atoms in total. The van der Waals surface area contributed by atoms with Gasteiger partial charge in [0.25, 0.3) is 0 Å². The standard InChI is InChI=1S/C76H48/c1-5-29-58-49(19-1)23-14-37-62(58)55-46-56(63-38-15-24-50-20-2-6-30-59(50)63)48-57(47-55)75-71-35-11-9-33-69(71)74(70-34-10-12-36-72(70)75)54-28-13-27-53(45-54)64-43-44-73(66-40-17-26-52-22-4-8-32-61(52)66)76-67(64)41-18-42-68(76)65-39-16-25-51-21-3-7-31-60(51)65/h1-48H. The summed E-state index contributed by atoms with van der Waals surface area (Å²) < 4.78 is 0. The normalized spacial score (nSPS) is 11.7. The van der Waals surface area contributed by atoms with Gasteiger partial charge in [0.05, 0.1) is 0 Å². The Labute approximate surface area is 442 Å². The van der Waals surface area contributed by atoms with Crippen LogP contribution in [0.3, 0.4) is 0 Å². The first-order valence-corrected chi connectivity index (χ1v) is 26.4. The summed E-state index contributed by atoms with van der Waals surface area (Å²) in [5.41, 5.74) is 17.0. The van der Waals surface area contributed by atoms with Crippen LogP contribution in [0.1, 0.15) is 0 Å². The monoisotopic (exact) mass is 960 g/mol. The molecule has 0 radical (unpaired) electrons. The molecule has 0 aromatic heterocycles. The Kier molecular flexibility index (Phi) is 10.3. The first kappa shape index (κ1) is 43.7. The van der Waals surface area contributed by atoms with Crippen molar-refractivity contribution in [2.75, 3.05) is 0 Å². The van der Waals surface area contributed by atoms with Gasteiger partial charge < -0.3 is 0 Å². The van der Waals surface area contributed by atoms with Crippen molar-refractivity contribution in [3.63, 3.8) is 0 Å². The molecule has 0 saturated carbocycles. The van der Waals surface area contributed by atoms with Crippen LogP contribution >= 0.6 is 0 Å². The van der Waals surface area contributed by atoms with Crippen LogP contribution in [0.15, 0.2) is 291 Å². The summed E-state index contributed by atoms with van der Waals surface area (Å²) in [6, 6.07) is 108. The number of hydrogen-bond acceptors (Lipinski definition) is 0. The fraction of sp³-hybridized carbons (Fsp3) is 0. The van der Waals surface area contributed by atoms with E-state index in [1.54, 1.807) is 0 Å². The second kappa shape index (κ2) is 18.0. The molecule has 0 aliphatic carbocycles. The van der Waals surface area contributed by atoms with Crippen molar-refractivity contribution in [3.05, 3.63) is 291 Å². The lowest BCUT2D eigenvalue weighted by atomic mass is 9.83. The second-order valence-electron chi connectivity index (χ2n) is 20.2. The Morgan fingerprint density at radius 1 is 0.145 bits per heavy atom. The Morgan fingerprint density at radius 3 is 0.908 bits per heavy atom. The molecule has 0 aliphatic heterocycles. The van der Waals surface area contributed by atoms with E-state index in [0.29, 0.717) is 0 Å². The fourth-order valence-corrected chi connectivity index (χ4v) is 12.7. The summed E-state index contributed by atoms with van der Waals surface area (Å²) in [4.78, 5) is 0. The van der Waals surface area contributed by atoms with Gasteiger partial charge in [0.2, 0.25) is 0 Å². The van der Waals surface area contributed by atoms with Gasteiger partial charge in [0.1, 0.15) is 0 Å². The van der Waals surface area contributed by atoms with Gasteiger partial charge in [-0.3, -0.25) is 0 Å². The fourth-order valence-electron chi connectivity index (χ4n) is 12.7.